The zero-order chi connectivity index (χ0) is 21.2. The maximum Gasteiger partial charge on any atom is 0.341 e. The lowest BCUT2D eigenvalue weighted by Crippen LogP contribution is -2.10. The Kier molecular flexibility index (Phi) is 5.91. The van der Waals surface area contributed by atoms with E-state index in [1.165, 1.54) is 42.5 Å². The highest BCUT2D eigenvalue weighted by Crippen LogP contribution is 2.35. The number of benzene rings is 3. The first-order valence-electron chi connectivity index (χ1n) is 8.44. The molecular weight excluding hydrogens is 419 g/mol. The fraction of sp³-hybridized carbons (Fsp3) is 0.0952. The summed E-state index contributed by atoms with van der Waals surface area (Å²) in [5.74, 6) is -1.92. The lowest BCUT2D eigenvalue weighted by molar-refractivity contribution is -0.139. The minimum atomic E-state index is -4.04. The zero-order valence-corrected chi connectivity index (χ0v) is 16.8. The van der Waals surface area contributed by atoms with Gasteiger partial charge in [-0.15, -0.1) is 0 Å². The summed E-state index contributed by atoms with van der Waals surface area (Å²) in [6.45, 7) is 1.23. The molecule has 0 fully saturated rings. The molecule has 0 spiro atoms. The van der Waals surface area contributed by atoms with E-state index in [2.05, 4.69) is 0 Å². The van der Waals surface area contributed by atoms with E-state index in [1.54, 1.807) is 12.1 Å². The Hall–Kier alpha value is -2.90. The summed E-state index contributed by atoms with van der Waals surface area (Å²) >= 11 is 6.00. The summed E-state index contributed by atoms with van der Waals surface area (Å²) in [4.78, 5) is 10.3. The summed E-state index contributed by atoms with van der Waals surface area (Å²) < 4.78 is 45.5. The smallest absolute Gasteiger partial charge is 0.341 e. The van der Waals surface area contributed by atoms with Crippen molar-refractivity contribution in [1.82, 2.24) is 0 Å². The monoisotopic (exact) mass is 434 g/mol. The van der Waals surface area contributed by atoms with Crippen LogP contribution in [0.3, 0.4) is 0 Å². The van der Waals surface area contributed by atoms with Crippen molar-refractivity contribution in [1.29, 1.82) is 0 Å². The van der Waals surface area contributed by atoms with Crippen molar-refractivity contribution < 1.29 is 27.4 Å². The van der Waals surface area contributed by atoms with Crippen LogP contribution in [0.5, 0.6) is 5.75 Å². The summed E-state index contributed by atoms with van der Waals surface area (Å²) in [6, 6.07) is 14.2. The third-order valence-corrected chi connectivity index (χ3v) is 6.19. The largest absolute Gasteiger partial charge is 0.481 e. The molecule has 0 atom stereocenters. The normalized spacial score (nSPS) is 11.3. The molecule has 0 aliphatic rings. The van der Waals surface area contributed by atoms with Crippen LogP contribution in [-0.4, -0.2) is 26.1 Å². The highest BCUT2D eigenvalue weighted by atomic mass is 35.5. The molecule has 1 N–H and O–H groups in total. The summed E-state index contributed by atoms with van der Waals surface area (Å²) in [5.41, 5.74) is 1.53. The molecule has 0 aliphatic heterocycles. The molecule has 150 valence electrons. The van der Waals surface area contributed by atoms with Crippen LogP contribution in [-0.2, 0) is 14.6 Å². The van der Waals surface area contributed by atoms with Crippen molar-refractivity contribution in [2.45, 2.75) is 16.7 Å². The molecule has 0 aromatic heterocycles. The molecule has 0 saturated heterocycles. The van der Waals surface area contributed by atoms with Gasteiger partial charge in [0.15, 0.2) is 6.61 Å². The highest BCUT2D eigenvalue weighted by Gasteiger charge is 2.22. The van der Waals surface area contributed by atoms with Gasteiger partial charge in [0.2, 0.25) is 9.84 Å². The van der Waals surface area contributed by atoms with Crippen LogP contribution < -0.4 is 4.74 Å². The number of carbonyl (C=O) groups is 1. The third-order valence-electron chi connectivity index (χ3n) is 4.16. The van der Waals surface area contributed by atoms with Gasteiger partial charge in [0, 0.05) is 10.6 Å². The van der Waals surface area contributed by atoms with Crippen molar-refractivity contribution in [3.8, 4) is 16.9 Å². The van der Waals surface area contributed by atoms with Crippen molar-refractivity contribution in [3.63, 3.8) is 0 Å². The SMILES string of the molecule is Cc1ccc(S(=O)(=O)c2ccc(-c3cc(Cl)ccc3OCC(=O)O)cc2F)cc1. The molecule has 0 bridgehead atoms. The maximum atomic E-state index is 14.8. The summed E-state index contributed by atoms with van der Waals surface area (Å²) in [5, 5.41) is 9.14. The minimum absolute atomic E-state index is 0.0111. The summed E-state index contributed by atoms with van der Waals surface area (Å²) in [7, 11) is -4.04. The molecular formula is C21H16ClFO5S. The molecule has 3 aromatic rings. The summed E-state index contributed by atoms with van der Waals surface area (Å²) in [6.07, 6.45) is 0. The van der Waals surface area contributed by atoms with Crippen LogP contribution in [0, 0.1) is 12.7 Å². The zero-order valence-electron chi connectivity index (χ0n) is 15.2. The van der Waals surface area contributed by atoms with E-state index in [0.717, 1.165) is 11.6 Å². The molecule has 0 saturated carbocycles. The third kappa shape index (κ3) is 4.58. The van der Waals surface area contributed by atoms with Crippen LogP contribution in [0.2, 0.25) is 5.02 Å². The topological polar surface area (TPSA) is 80.7 Å². The first kappa shape index (κ1) is 20.8. The molecule has 0 radical (unpaired) electrons. The van der Waals surface area contributed by atoms with E-state index < -0.39 is 33.1 Å². The number of halogens is 2. The Bertz CT molecular complexity index is 1170. The lowest BCUT2D eigenvalue weighted by Gasteiger charge is -2.12. The van der Waals surface area contributed by atoms with E-state index in [-0.39, 0.29) is 10.6 Å². The van der Waals surface area contributed by atoms with Gasteiger partial charge in [0.25, 0.3) is 0 Å². The number of sulfone groups is 1. The average Bonchev–Trinajstić information content (AvgIpc) is 2.67. The second kappa shape index (κ2) is 8.23. The van der Waals surface area contributed by atoms with Crippen LogP contribution in [0.1, 0.15) is 5.56 Å². The van der Waals surface area contributed by atoms with Crippen molar-refractivity contribution in [2.75, 3.05) is 6.61 Å². The standard InChI is InChI=1S/C21H16ClFO5S/c1-13-2-6-16(7-3-13)29(26,27)20-9-4-14(10-18(20)23)17-11-15(22)5-8-19(17)28-12-21(24)25/h2-11H,12H2,1H3,(H,24,25). The highest BCUT2D eigenvalue weighted by molar-refractivity contribution is 7.91. The molecule has 0 amide bonds. The fourth-order valence-corrected chi connectivity index (χ4v) is 4.21. The Labute approximate surface area is 172 Å². The molecule has 0 unspecified atom stereocenters. The number of ether oxygens (including phenoxy) is 1. The quantitative estimate of drug-likeness (QED) is 0.605. The van der Waals surface area contributed by atoms with Gasteiger partial charge in [0.1, 0.15) is 16.5 Å². The number of carboxylic acids is 1. The number of hydrogen-bond acceptors (Lipinski definition) is 4. The fourth-order valence-electron chi connectivity index (χ4n) is 2.72. The molecule has 29 heavy (non-hydrogen) atoms. The van der Waals surface area contributed by atoms with E-state index in [0.29, 0.717) is 16.1 Å². The van der Waals surface area contributed by atoms with E-state index in [4.69, 9.17) is 21.4 Å². The van der Waals surface area contributed by atoms with Gasteiger partial charge in [-0.25, -0.2) is 17.6 Å². The number of aliphatic carboxylic acids is 1. The predicted molar refractivity (Wildman–Crippen MR) is 107 cm³/mol. The Morgan fingerprint density at radius 2 is 1.76 bits per heavy atom. The van der Waals surface area contributed by atoms with Crippen molar-refractivity contribution >= 4 is 27.4 Å². The average molecular weight is 435 g/mol. The Morgan fingerprint density at radius 1 is 1.07 bits per heavy atom. The molecule has 5 nitrogen and oxygen atoms in total. The minimum Gasteiger partial charge on any atom is -0.481 e. The molecule has 0 heterocycles. The Balaban J connectivity index is 2.03. The predicted octanol–water partition coefficient (Wildman–Crippen LogP) is 4.75. The first-order chi connectivity index (χ1) is 13.7. The first-order valence-corrected chi connectivity index (χ1v) is 10.3. The van der Waals surface area contributed by atoms with Gasteiger partial charge in [-0.1, -0.05) is 35.4 Å². The van der Waals surface area contributed by atoms with E-state index >= 15 is 0 Å². The van der Waals surface area contributed by atoms with E-state index in [1.807, 2.05) is 6.92 Å². The van der Waals surface area contributed by atoms with Gasteiger partial charge >= 0.3 is 5.97 Å². The number of hydrogen-bond donors (Lipinski definition) is 1. The van der Waals surface area contributed by atoms with Crippen LogP contribution in [0.15, 0.2) is 70.5 Å². The van der Waals surface area contributed by atoms with Crippen molar-refractivity contribution in [2.24, 2.45) is 0 Å². The van der Waals surface area contributed by atoms with E-state index in [9.17, 15) is 17.6 Å². The Morgan fingerprint density at radius 3 is 2.38 bits per heavy atom. The van der Waals surface area contributed by atoms with Crippen molar-refractivity contribution in [3.05, 3.63) is 77.1 Å². The second-order valence-electron chi connectivity index (χ2n) is 6.28. The van der Waals surface area contributed by atoms with Gasteiger partial charge in [-0.05, 0) is 55.0 Å². The van der Waals surface area contributed by atoms with Crippen LogP contribution >= 0.6 is 11.6 Å². The van der Waals surface area contributed by atoms with Crippen LogP contribution in [0.4, 0.5) is 4.39 Å². The maximum absolute atomic E-state index is 14.8. The number of rotatable bonds is 6. The number of aryl methyl sites for hydroxylation is 1. The molecule has 3 aromatic carbocycles. The van der Waals surface area contributed by atoms with Gasteiger partial charge < -0.3 is 9.84 Å². The van der Waals surface area contributed by atoms with Crippen LogP contribution in [0.25, 0.3) is 11.1 Å². The van der Waals surface area contributed by atoms with Gasteiger partial charge in [-0.2, -0.15) is 0 Å². The van der Waals surface area contributed by atoms with Gasteiger partial charge in [0.05, 0.1) is 4.90 Å². The molecule has 3 rings (SSSR count). The molecule has 8 heteroatoms. The second-order valence-corrected chi connectivity index (χ2v) is 8.64. The molecule has 0 aliphatic carbocycles. The number of carboxylic acid groups (broad SMARTS) is 1. The van der Waals surface area contributed by atoms with Gasteiger partial charge in [-0.3, -0.25) is 0 Å². The lowest BCUT2D eigenvalue weighted by atomic mass is 10.0.